The highest BCUT2D eigenvalue weighted by molar-refractivity contribution is 7.99. The first-order valence-corrected chi connectivity index (χ1v) is 9.04. The monoisotopic (exact) mass is 323 g/mol. The van der Waals surface area contributed by atoms with Gasteiger partial charge < -0.3 is 9.88 Å². The number of aromatic amines is 1. The molecule has 1 saturated heterocycles. The number of nitrogens with one attached hydrogen (secondary N) is 1. The second-order valence-corrected chi connectivity index (χ2v) is 6.97. The zero-order chi connectivity index (χ0) is 16.1. The minimum atomic E-state index is -0.145. The van der Waals surface area contributed by atoms with Gasteiger partial charge in [-0.05, 0) is 39.5 Å². The Bertz CT molecular complexity index is 563. The number of aryl methyl sites for hydroxylation is 1. The molecule has 1 amide bonds. The standard InChI is InChI=1S/C16H25N3O2S/c1-4-6-13-9-14(20)18-16(17-13)22-10-15(21)19-11(2)7-5-8-12(19)3/h9,11-12H,4-8,10H2,1-3H3,(H,17,18,20)/t11-,12-/m1/s1. The summed E-state index contributed by atoms with van der Waals surface area (Å²) in [7, 11) is 0. The molecule has 1 fully saturated rings. The van der Waals surface area contributed by atoms with Gasteiger partial charge in [-0.25, -0.2) is 4.98 Å². The van der Waals surface area contributed by atoms with Crippen LogP contribution in [0.15, 0.2) is 16.0 Å². The maximum Gasteiger partial charge on any atom is 0.251 e. The van der Waals surface area contributed by atoms with Crippen LogP contribution in [-0.4, -0.2) is 38.6 Å². The van der Waals surface area contributed by atoms with E-state index < -0.39 is 0 Å². The van der Waals surface area contributed by atoms with E-state index in [-0.39, 0.29) is 11.5 Å². The van der Waals surface area contributed by atoms with Crippen molar-refractivity contribution in [2.24, 2.45) is 0 Å². The summed E-state index contributed by atoms with van der Waals surface area (Å²) in [6, 6.07) is 2.13. The molecule has 1 aliphatic heterocycles. The number of thioether (sulfide) groups is 1. The van der Waals surface area contributed by atoms with Gasteiger partial charge in [0.2, 0.25) is 5.91 Å². The summed E-state index contributed by atoms with van der Waals surface area (Å²) >= 11 is 1.32. The van der Waals surface area contributed by atoms with Crippen molar-refractivity contribution >= 4 is 17.7 Å². The Morgan fingerprint density at radius 3 is 2.73 bits per heavy atom. The number of hydrogen-bond donors (Lipinski definition) is 1. The average Bonchev–Trinajstić information content (AvgIpc) is 2.45. The third-order valence-electron chi connectivity index (χ3n) is 4.09. The fourth-order valence-electron chi connectivity index (χ4n) is 3.05. The van der Waals surface area contributed by atoms with E-state index in [9.17, 15) is 9.59 Å². The summed E-state index contributed by atoms with van der Waals surface area (Å²) in [5, 5.41) is 0.543. The molecule has 0 unspecified atom stereocenters. The van der Waals surface area contributed by atoms with Crippen molar-refractivity contribution in [2.75, 3.05) is 5.75 Å². The number of nitrogens with zero attached hydrogens (tertiary/aromatic N) is 2. The number of amides is 1. The molecule has 1 N–H and O–H groups in total. The molecule has 1 aliphatic rings. The lowest BCUT2D eigenvalue weighted by atomic mass is 9.98. The van der Waals surface area contributed by atoms with Crippen LogP contribution in [0.3, 0.4) is 0 Å². The maximum atomic E-state index is 12.5. The third-order valence-corrected chi connectivity index (χ3v) is 4.95. The van der Waals surface area contributed by atoms with Gasteiger partial charge in [-0.3, -0.25) is 9.59 Å². The fourth-order valence-corrected chi connectivity index (χ4v) is 3.82. The molecule has 0 aromatic carbocycles. The number of likely N-dealkylation sites (tertiary alicyclic amines) is 1. The topological polar surface area (TPSA) is 66.1 Å². The van der Waals surface area contributed by atoms with E-state index in [1.54, 1.807) is 0 Å². The summed E-state index contributed by atoms with van der Waals surface area (Å²) < 4.78 is 0. The van der Waals surface area contributed by atoms with E-state index in [0.717, 1.165) is 31.4 Å². The quantitative estimate of drug-likeness (QED) is 0.668. The third kappa shape index (κ3) is 4.35. The van der Waals surface area contributed by atoms with Crippen molar-refractivity contribution in [1.82, 2.24) is 14.9 Å². The lowest BCUT2D eigenvalue weighted by Crippen LogP contribution is -2.48. The summed E-state index contributed by atoms with van der Waals surface area (Å²) in [5.74, 6) is 0.459. The zero-order valence-corrected chi connectivity index (χ0v) is 14.4. The van der Waals surface area contributed by atoms with Crippen LogP contribution in [-0.2, 0) is 11.2 Å². The van der Waals surface area contributed by atoms with Crippen molar-refractivity contribution in [3.63, 3.8) is 0 Å². The van der Waals surface area contributed by atoms with Crippen molar-refractivity contribution < 1.29 is 4.79 Å². The molecule has 0 aliphatic carbocycles. The molecule has 0 spiro atoms. The molecule has 0 saturated carbocycles. The molecule has 2 rings (SSSR count). The normalized spacial score (nSPS) is 21.9. The van der Waals surface area contributed by atoms with Crippen LogP contribution >= 0.6 is 11.8 Å². The molecule has 5 nitrogen and oxygen atoms in total. The molecule has 1 aromatic rings. The van der Waals surface area contributed by atoms with Crippen LogP contribution in [0.2, 0.25) is 0 Å². The number of rotatable bonds is 5. The Morgan fingerprint density at radius 2 is 2.09 bits per heavy atom. The van der Waals surface area contributed by atoms with Crippen LogP contribution < -0.4 is 5.56 Å². The molecule has 1 aromatic heterocycles. The Labute approximate surface area is 135 Å². The first-order valence-electron chi connectivity index (χ1n) is 8.05. The number of carbonyl (C=O) groups is 1. The van der Waals surface area contributed by atoms with Crippen LogP contribution in [0, 0.1) is 0 Å². The molecule has 122 valence electrons. The number of hydrogen-bond acceptors (Lipinski definition) is 4. The summed E-state index contributed by atoms with van der Waals surface area (Å²) in [4.78, 5) is 33.2. The SMILES string of the molecule is CCCc1cc(=O)[nH]c(SCC(=O)N2[C@H](C)CCC[C@H]2C)n1. The van der Waals surface area contributed by atoms with Crippen LogP contribution in [0.4, 0.5) is 0 Å². The van der Waals surface area contributed by atoms with Gasteiger partial charge in [0.05, 0.1) is 5.75 Å². The van der Waals surface area contributed by atoms with E-state index in [2.05, 4.69) is 30.7 Å². The van der Waals surface area contributed by atoms with Crippen LogP contribution in [0.1, 0.15) is 52.1 Å². The Kier molecular flexibility index (Phi) is 6.06. The fraction of sp³-hybridized carbons (Fsp3) is 0.688. The van der Waals surface area contributed by atoms with Gasteiger partial charge >= 0.3 is 0 Å². The minimum Gasteiger partial charge on any atom is -0.337 e. The molecule has 0 radical (unpaired) electrons. The Morgan fingerprint density at radius 1 is 1.41 bits per heavy atom. The highest BCUT2D eigenvalue weighted by Crippen LogP contribution is 2.24. The van der Waals surface area contributed by atoms with Crippen LogP contribution in [0.5, 0.6) is 0 Å². The van der Waals surface area contributed by atoms with Gasteiger partial charge in [-0.15, -0.1) is 0 Å². The first-order chi connectivity index (χ1) is 10.5. The molecule has 0 bridgehead atoms. The molecular weight excluding hydrogens is 298 g/mol. The average molecular weight is 323 g/mol. The van der Waals surface area contributed by atoms with Gasteiger partial charge in [-0.2, -0.15) is 0 Å². The number of H-pyrrole nitrogens is 1. The van der Waals surface area contributed by atoms with Gasteiger partial charge in [0.15, 0.2) is 5.16 Å². The van der Waals surface area contributed by atoms with Gasteiger partial charge in [-0.1, -0.05) is 25.1 Å². The number of carbonyl (C=O) groups excluding carboxylic acids is 1. The minimum absolute atomic E-state index is 0.133. The second kappa shape index (κ2) is 7.81. The van der Waals surface area contributed by atoms with E-state index in [1.165, 1.54) is 24.2 Å². The molecular formula is C16H25N3O2S. The van der Waals surface area contributed by atoms with Crippen LogP contribution in [0.25, 0.3) is 0 Å². The second-order valence-electron chi connectivity index (χ2n) is 6.01. The van der Waals surface area contributed by atoms with Gasteiger partial charge in [0, 0.05) is 23.8 Å². The predicted molar refractivity (Wildman–Crippen MR) is 89.2 cm³/mol. The molecule has 22 heavy (non-hydrogen) atoms. The van der Waals surface area contributed by atoms with E-state index >= 15 is 0 Å². The van der Waals surface area contributed by atoms with Crippen molar-refractivity contribution in [1.29, 1.82) is 0 Å². The lowest BCUT2D eigenvalue weighted by Gasteiger charge is -2.39. The Hall–Kier alpha value is -1.30. The smallest absolute Gasteiger partial charge is 0.251 e. The van der Waals surface area contributed by atoms with E-state index in [1.807, 2.05) is 4.90 Å². The lowest BCUT2D eigenvalue weighted by molar-refractivity contribution is -0.134. The number of aromatic nitrogens is 2. The van der Waals surface area contributed by atoms with E-state index in [4.69, 9.17) is 0 Å². The molecule has 6 heteroatoms. The summed E-state index contributed by atoms with van der Waals surface area (Å²) in [6.07, 6.45) is 5.06. The van der Waals surface area contributed by atoms with E-state index in [0.29, 0.717) is 23.0 Å². The summed E-state index contributed by atoms with van der Waals surface area (Å²) in [5.41, 5.74) is 0.647. The summed E-state index contributed by atoms with van der Waals surface area (Å²) in [6.45, 7) is 6.28. The zero-order valence-electron chi connectivity index (χ0n) is 13.6. The van der Waals surface area contributed by atoms with Gasteiger partial charge in [0.1, 0.15) is 0 Å². The Balaban J connectivity index is 2.00. The maximum absolute atomic E-state index is 12.5. The highest BCUT2D eigenvalue weighted by atomic mass is 32.2. The highest BCUT2D eigenvalue weighted by Gasteiger charge is 2.28. The predicted octanol–water partition coefficient (Wildman–Crippen LogP) is 2.60. The van der Waals surface area contributed by atoms with Crippen molar-refractivity contribution in [3.05, 3.63) is 22.1 Å². The molecule has 2 heterocycles. The van der Waals surface area contributed by atoms with Crippen molar-refractivity contribution in [3.8, 4) is 0 Å². The van der Waals surface area contributed by atoms with Crippen molar-refractivity contribution in [2.45, 2.75) is 70.1 Å². The number of piperidine rings is 1. The largest absolute Gasteiger partial charge is 0.337 e. The first kappa shape index (κ1) is 17.1. The molecule has 2 atom stereocenters. The van der Waals surface area contributed by atoms with Gasteiger partial charge in [0.25, 0.3) is 5.56 Å².